The molecule has 0 unspecified atom stereocenters. The summed E-state index contributed by atoms with van der Waals surface area (Å²) >= 11 is 0. The lowest BCUT2D eigenvalue weighted by Crippen LogP contribution is -2.49. The molecule has 0 aliphatic carbocycles. The molecule has 1 aromatic rings. The van der Waals surface area contributed by atoms with Gasteiger partial charge < -0.3 is 20.5 Å². The van der Waals surface area contributed by atoms with E-state index in [0.29, 0.717) is 5.56 Å². The van der Waals surface area contributed by atoms with Gasteiger partial charge in [0, 0.05) is 12.1 Å². The van der Waals surface area contributed by atoms with Crippen LogP contribution in [0.1, 0.15) is 12.5 Å². The van der Waals surface area contributed by atoms with Crippen molar-refractivity contribution in [1.29, 1.82) is 0 Å². The molecule has 1 rings (SSSR count). The van der Waals surface area contributed by atoms with Crippen molar-refractivity contribution in [3.63, 3.8) is 0 Å². The summed E-state index contributed by atoms with van der Waals surface area (Å²) in [5.74, 6) is -1.81. The lowest BCUT2D eigenvalue weighted by molar-refractivity contribution is -0.307. The van der Waals surface area contributed by atoms with Crippen LogP contribution < -0.4 is 15.7 Å². The first-order chi connectivity index (χ1) is 8.00. The van der Waals surface area contributed by atoms with Crippen LogP contribution >= 0.6 is 0 Å². The molecule has 17 heavy (non-hydrogen) atoms. The number of carboxylic acids is 1. The fourth-order valence-corrected chi connectivity index (χ4v) is 1.12. The molecular weight excluding hydrogens is 227 g/mol. The summed E-state index contributed by atoms with van der Waals surface area (Å²) in [6, 6.07) is 4.19. The minimum absolute atomic E-state index is 0.0156. The van der Waals surface area contributed by atoms with Gasteiger partial charge in [0.05, 0.1) is 12.0 Å². The maximum absolute atomic E-state index is 13.2. The number of rotatable bonds is 4. The molecule has 0 spiro atoms. The minimum Gasteiger partial charge on any atom is -0.548 e. The number of hydrogen-bond acceptors (Lipinski definition) is 3. The van der Waals surface area contributed by atoms with Crippen LogP contribution in [0.25, 0.3) is 0 Å². The molecule has 92 valence electrons. The van der Waals surface area contributed by atoms with Gasteiger partial charge in [-0.05, 0) is 13.0 Å². The number of nitrogens with one attached hydrogen (secondary N) is 2. The van der Waals surface area contributed by atoms with Crippen LogP contribution in [-0.2, 0) is 11.3 Å². The van der Waals surface area contributed by atoms with Crippen LogP contribution in [0, 0.1) is 5.82 Å². The van der Waals surface area contributed by atoms with Gasteiger partial charge in [0.25, 0.3) is 0 Å². The Kier molecular flexibility index (Phi) is 4.45. The second kappa shape index (κ2) is 5.83. The summed E-state index contributed by atoms with van der Waals surface area (Å²) in [4.78, 5) is 21.6. The average molecular weight is 239 g/mol. The molecule has 0 saturated carbocycles. The lowest BCUT2D eigenvalue weighted by atomic mass is 10.2. The van der Waals surface area contributed by atoms with Crippen LogP contribution in [0.3, 0.4) is 0 Å². The van der Waals surface area contributed by atoms with Crippen molar-refractivity contribution in [3.8, 4) is 0 Å². The summed E-state index contributed by atoms with van der Waals surface area (Å²) < 4.78 is 13.2. The number of urea groups is 1. The highest BCUT2D eigenvalue weighted by atomic mass is 19.1. The predicted molar refractivity (Wildman–Crippen MR) is 56.2 cm³/mol. The Hall–Kier alpha value is -2.11. The number of carbonyl (C=O) groups excluding carboxylic acids is 2. The zero-order valence-corrected chi connectivity index (χ0v) is 9.20. The van der Waals surface area contributed by atoms with E-state index in [9.17, 15) is 19.1 Å². The van der Waals surface area contributed by atoms with E-state index in [0.717, 1.165) is 0 Å². The van der Waals surface area contributed by atoms with Crippen molar-refractivity contribution in [1.82, 2.24) is 10.6 Å². The van der Waals surface area contributed by atoms with Crippen molar-refractivity contribution in [3.05, 3.63) is 35.6 Å². The van der Waals surface area contributed by atoms with Crippen LogP contribution in [0.5, 0.6) is 0 Å². The number of amides is 2. The van der Waals surface area contributed by atoms with E-state index in [1.54, 1.807) is 6.07 Å². The van der Waals surface area contributed by atoms with Gasteiger partial charge in [0.2, 0.25) is 0 Å². The first-order valence-electron chi connectivity index (χ1n) is 4.99. The number of carboxylic acid groups (broad SMARTS) is 1. The van der Waals surface area contributed by atoms with Gasteiger partial charge in [-0.2, -0.15) is 0 Å². The zero-order chi connectivity index (χ0) is 12.8. The molecule has 2 amide bonds. The molecule has 6 heteroatoms. The standard InChI is InChI=1S/C11H13FN2O3/c1-7(10(15)16)14-11(17)13-6-8-4-2-3-5-9(8)12/h2-5,7H,6H2,1H3,(H,15,16)(H2,13,14,17)/p-1/t7-/m0/s1. The smallest absolute Gasteiger partial charge is 0.315 e. The molecule has 5 nitrogen and oxygen atoms in total. The van der Waals surface area contributed by atoms with Gasteiger partial charge >= 0.3 is 6.03 Å². The largest absolute Gasteiger partial charge is 0.548 e. The Morgan fingerprint density at radius 2 is 2.06 bits per heavy atom. The summed E-state index contributed by atoms with van der Waals surface area (Å²) in [5, 5.41) is 14.8. The maximum Gasteiger partial charge on any atom is 0.315 e. The van der Waals surface area contributed by atoms with Gasteiger partial charge in [-0.25, -0.2) is 9.18 Å². The number of aliphatic carboxylic acids is 1. The second-order valence-corrected chi connectivity index (χ2v) is 3.46. The molecule has 1 aromatic carbocycles. The third kappa shape index (κ3) is 4.10. The first kappa shape index (κ1) is 13.0. The van der Waals surface area contributed by atoms with Gasteiger partial charge in [0.15, 0.2) is 0 Å². The monoisotopic (exact) mass is 239 g/mol. The highest BCUT2D eigenvalue weighted by Gasteiger charge is 2.08. The summed E-state index contributed by atoms with van der Waals surface area (Å²) in [6.07, 6.45) is 0. The molecule has 0 aliphatic rings. The molecule has 0 aromatic heterocycles. The Morgan fingerprint density at radius 3 is 2.65 bits per heavy atom. The van der Waals surface area contributed by atoms with Gasteiger partial charge in [-0.1, -0.05) is 18.2 Å². The normalized spacial score (nSPS) is 11.6. The van der Waals surface area contributed by atoms with Crippen molar-refractivity contribution >= 4 is 12.0 Å². The Labute approximate surface area is 97.6 Å². The quantitative estimate of drug-likeness (QED) is 0.761. The first-order valence-corrected chi connectivity index (χ1v) is 4.99. The molecule has 2 N–H and O–H groups in total. The van der Waals surface area contributed by atoms with Crippen LogP contribution in [0.4, 0.5) is 9.18 Å². The van der Waals surface area contributed by atoms with Gasteiger partial charge in [-0.3, -0.25) is 0 Å². The Morgan fingerprint density at radius 1 is 1.41 bits per heavy atom. The third-order valence-corrected chi connectivity index (χ3v) is 2.10. The van der Waals surface area contributed by atoms with Crippen molar-refractivity contribution in [2.24, 2.45) is 0 Å². The van der Waals surface area contributed by atoms with E-state index >= 15 is 0 Å². The highest BCUT2D eigenvalue weighted by molar-refractivity contribution is 5.81. The molecule has 0 saturated heterocycles. The van der Waals surface area contributed by atoms with Crippen LogP contribution in [-0.4, -0.2) is 18.0 Å². The molecule has 1 atom stereocenters. The number of halogens is 1. The van der Waals surface area contributed by atoms with Crippen molar-refractivity contribution < 1.29 is 19.1 Å². The average Bonchev–Trinajstić information content (AvgIpc) is 2.27. The highest BCUT2D eigenvalue weighted by Crippen LogP contribution is 2.05. The van der Waals surface area contributed by atoms with Crippen LogP contribution in [0.15, 0.2) is 24.3 Å². The summed E-state index contributed by atoms with van der Waals surface area (Å²) in [7, 11) is 0. The zero-order valence-electron chi connectivity index (χ0n) is 9.20. The van der Waals surface area contributed by atoms with E-state index in [2.05, 4.69) is 10.6 Å². The Balaban J connectivity index is 2.44. The Bertz CT molecular complexity index is 423. The van der Waals surface area contributed by atoms with Gasteiger partial charge in [-0.15, -0.1) is 0 Å². The second-order valence-electron chi connectivity index (χ2n) is 3.46. The van der Waals surface area contributed by atoms with Crippen molar-refractivity contribution in [2.75, 3.05) is 0 Å². The predicted octanol–water partition coefficient (Wildman–Crippen LogP) is -0.237. The third-order valence-electron chi connectivity index (χ3n) is 2.10. The topological polar surface area (TPSA) is 81.3 Å². The number of carbonyl (C=O) groups is 2. The fourth-order valence-electron chi connectivity index (χ4n) is 1.12. The van der Waals surface area contributed by atoms with Crippen LogP contribution in [0.2, 0.25) is 0 Å². The lowest BCUT2D eigenvalue weighted by Gasteiger charge is -2.15. The summed E-state index contributed by atoms with van der Waals surface area (Å²) in [5.41, 5.74) is 0.323. The SMILES string of the molecule is C[C@H](NC(=O)NCc1ccccc1F)C(=O)[O-]. The molecule has 0 fully saturated rings. The van der Waals surface area contributed by atoms with Crippen molar-refractivity contribution in [2.45, 2.75) is 19.5 Å². The van der Waals surface area contributed by atoms with E-state index in [-0.39, 0.29) is 6.54 Å². The van der Waals surface area contributed by atoms with Gasteiger partial charge in [0.1, 0.15) is 5.82 Å². The fraction of sp³-hybridized carbons (Fsp3) is 0.273. The van der Waals surface area contributed by atoms with E-state index < -0.39 is 23.9 Å². The molecule has 0 bridgehead atoms. The molecule has 0 radical (unpaired) electrons. The van der Waals surface area contributed by atoms with E-state index in [1.165, 1.54) is 25.1 Å². The van der Waals surface area contributed by atoms with E-state index in [1.807, 2.05) is 0 Å². The minimum atomic E-state index is -1.38. The van der Waals surface area contributed by atoms with E-state index in [4.69, 9.17) is 0 Å². The molecular formula is C11H12FN2O3-. The molecule has 0 heterocycles. The summed E-state index contributed by atoms with van der Waals surface area (Å²) in [6.45, 7) is 1.26. The molecule has 0 aliphatic heterocycles. The number of hydrogen-bond donors (Lipinski definition) is 2. The number of benzene rings is 1. The maximum atomic E-state index is 13.2.